The number of nitrogens with zero attached hydrogens (tertiary/aromatic N) is 2. The molecule has 2 atom stereocenters. The number of morpholine rings is 1. The van der Waals surface area contributed by atoms with Crippen LogP contribution < -0.4 is 4.90 Å². The van der Waals surface area contributed by atoms with Gasteiger partial charge in [-0.2, -0.15) is 0 Å². The number of carbonyl (C=O) groups is 1. The molecular formula is C19H26N2O2. The molecule has 2 fully saturated rings. The molecule has 3 aliphatic rings. The van der Waals surface area contributed by atoms with Gasteiger partial charge in [-0.05, 0) is 30.9 Å². The minimum absolute atomic E-state index is 0.272. The summed E-state index contributed by atoms with van der Waals surface area (Å²) in [6.45, 7) is 3.52. The SMILES string of the molecule is O=C(CCN1CCO[C@@H]2CCCC[C@@H]21)N1CCc2ccccc21. The van der Waals surface area contributed by atoms with Crippen LogP contribution in [-0.2, 0) is 16.0 Å². The number of benzene rings is 1. The molecule has 1 aromatic carbocycles. The number of hydrogen-bond acceptors (Lipinski definition) is 3. The lowest BCUT2D eigenvalue weighted by atomic mass is 9.90. The number of hydrogen-bond donors (Lipinski definition) is 0. The fourth-order valence-corrected chi connectivity index (χ4v) is 4.43. The van der Waals surface area contributed by atoms with Crippen molar-refractivity contribution >= 4 is 11.6 Å². The van der Waals surface area contributed by atoms with Crippen LogP contribution in [0.1, 0.15) is 37.7 Å². The standard InChI is InChI=1S/C19H26N2O2/c22-19(21-12-9-15-5-1-2-6-16(15)21)10-11-20-13-14-23-18-8-4-3-7-17(18)20/h1-2,5-6,17-18H,3-4,7-14H2/t17-,18+/m0/s1. The third-order valence-corrected chi connectivity index (χ3v) is 5.65. The summed E-state index contributed by atoms with van der Waals surface area (Å²) >= 11 is 0. The Labute approximate surface area is 138 Å². The molecule has 1 saturated carbocycles. The molecule has 0 N–H and O–H groups in total. The van der Waals surface area contributed by atoms with Gasteiger partial charge in [0.15, 0.2) is 0 Å². The van der Waals surface area contributed by atoms with Gasteiger partial charge in [0.05, 0.1) is 12.7 Å². The third-order valence-electron chi connectivity index (χ3n) is 5.65. The van der Waals surface area contributed by atoms with Gasteiger partial charge in [0.25, 0.3) is 0 Å². The first-order valence-electron chi connectivity index (χ1n) is 9.07. The highest BCUT2D eigenvalue weighted by Crippen LogP contribution is 2.30. The van der Waals surface area contributed by atoms with E-state index in [2.05, 4.69) is 23.1 Å². The van der Waals surface area contributed by atoms with Gasteiger partial charge in [-0.1, -0.05) is 31.0 Å². The summed E-state index contributed by atoms with van der Waals surface area (Å²) < 4.78 is 5.93. The van der Waals surface area contributed by atoms with Gasteiger partial charge in [-0.15, -0.1) is 0 Å². The van der Waals surface area contributed by atoms with Crippen LogP contribution in [0.4, 0.5) is 5.69 Å². The molecule has 4 rings (SSSR count). The molecule has 2 aliphatic heterocycles. The monoisotopic (exact) mass is 314 g/mol. The van der Waals surface area contributed by atoms with Gasteiger partial charge in [0, 0.05) is 37.8 Å². The lowest BCUT2D eigenvalue weighted by Crippen LogP contribution is -2.53. The maximum absolute atomic E-state index is 12.7. The molecule has 0 unspecified atom stereocenters. The molecule has 4 nitrogen and oxygen atoms in total. The van der Waals surface area contributed by atoms with Crippen LogP contribution in [0, 0.1) is 0 Å². The van der Waals surface area contributed by atoms with Gasteiger partial charge in [-0.25, -0.2) is 0 Å². The molecule has 0 aromatic heterocycles. The van der Waals surface area contributed by atoms with Crippen molar-refractivity contribution in [1.29, 1.82) is 0 Å². The number of ether oxygens (including phenoxy) is 1. The van der Waals surface area contributed by atoms with Crippen LogP contribution in [0.5, 0.6) is 0 Å². The first-order chi connectivity index (χ1) is 11.3. The van der Waals surface area contributed by atoms with E-state index in [0.717, 1.165) is 38.3 Å². The molecular weight excluding hydrogens is 288 g/mol. The van der Waals surface area contributed by atoms with Crippen molar-refractivity contribution in [2.75, 3.05) is 31.1 Å². The number of para-hydroxylation sites is 1. The van der Waals surface area contributed by atoms with Crippen molar-refractivity contribution in [1.82, 2.24) is 4.90 Å². The molecule has 1 aromatic rings. The van der Waals surface area contributed by atoms with E-state index in [-0.39, 0.29) is 5.91 Å². The second-order valence-electron chi connectivity index (χ2n) is 6.97. The Balaban J connectivity index is 1.36. The molecule has 2 heterocycles. The summed E-state index contributed by atoms with van der Waals surface area (Å²) in [5.41, 5.74) is 2.43. The normalized spacial score (nSPS) is 27.6. The van der Waals surface area contributed by atoms with Crippen molar-refractivity contribution in [3.63, 3.8) is 0 Å². The number of carbonyl (C=O) groups excluding carboxylic acids is 1. The minimum Gasteiger partial charge on any atom is -0.375 e. The smallest absolute Gasteiger partial charge is 0.228 e. The van der Waals surface area contributed by atoms with Crippen LogP contribution in [-0.4, -0.2) is 49.2 Å². The highest BCUT2D eigenvalue weighted by molar-refractivity contribution is 5.95. The Hall–Kier alpha value is -1.39. The topological polar surface area (TPSA) is 32.8 Å². The maximum atomic E-state index is 12.7. The van der Waals surface area contributed by atoms with Crippen LogP contribution in [0.25, 0.3) is 0 Å². The van der Waals surface area contributed by atoms with E-state index < -0.39 is 0 Å². The predicted octanol–water partition coefficient (Wildman–Crippen LogP) is 2.61. The highest BCUT2D eigenvalue weighted by Gasteiger charge is 2.34. The summed E-state index contributed by atoms with van der Waals surface area (Å²) in [4.78, 5) is 17.2. The molecule has 124 valence electrons. The molecule has 1 amide bonds. The van der Waals surface area contributed by atoms with Gasteiger partial charge < -0.3 is 9.64 Å². The van der Waals surface area contributed by atoms with Crippen LogP contribution in [0.3, 0.4) is 0 Å². The highest BCUT2D eigenvalue weighted by atomic mass is 16.5. The van der Waals surface area contributed by atoms with Crippen LogP contribution in [0.15, 0.2) is 24.3 Å². The molecule has 1 aliphatic carbocycles. The second kappa shape index (κ2) is 6.62. The number of anilines is 1. The van der Waals surface area contributed by atoms with Gasteiger partial charge in [-0.3, -0.25) is 9.69 Å². The van der Waals surface area contributed by atoms with E-state index in [9.17, 15) is 4.79 Å². The van der Waals surface area contributed by atoms with E-state index >= 15 is 0 Å². The average Bonchev–Trinajstić information content (AvgIpc) is 3.04. The Kier molecular flexibility index (Phi) is 4.36. The first-order valence-corrected chi connectivity index (χ1v) is 9.07. The van der Waals surface area contributed by atoms with Crippen LogP contribution >= 0.6 is 0 Å². The largest absolute Gasteiger partial charge is 0.375 e. The van der Waals surface area contributed by atoms with E-state index in [1.807, 2.05) is 11.0 Å². The van der Waals surface area contributed by atoms with Gasteiger partial charge >= 0.3 is 0 Å². The number of fused-ring (bicyclic) bond motifs is 2. The fourth-order valence-electron chi connectivity index (χ4n) is 4.43. The summed E-state index contributed by atoms with van der Waals surface area (Å²) in [6.07, 6.45) is 7.02. The Morgan fingerprint density at radius 3 is 3.00 bits per heavy atom. The predicted molar refractivity (Wildman–Crippen MR) is 90.7 cm³/mol. The van der Waals surface area contributed by atoms with Gasteiger partial charge in [0.1, 0.15) is 0 Å². The summed E-state index contributed by atoms with van der Waals surface area (Å²) in [6, 6.07) is 8.84. The molecule has 0 spiro atoms. The Morgan fingerprint density at radius 1 is 1.17 bits per heavy atom. The molecule has 23 heavy (non-hydrogen) atoms. The van der Waals surface area contributed by atoms with Crippen molar-refractivity contribution in [3.05, 3.63) is 29.8 Å². The second-order valence-corrected chi connectivity index (χ2v) is 6.97. The average molecular weight is 314 g/mol. The minimum atomic E-state index is 0.272. The summed E-state index contributed by atoms with van der Waals surface area (Å²) in [5, 5.41) is 0. The maximum Gasteiger partial charge on any atom is 0.228 e. The zero-order valence-corrected chi connectivity index (χ0v) is 13.7. The number of rotatable bonds is 3. The van der Waals surface area contributed by atoms with E-state index in [4.69, 9.17) is 4.74 Å². The first kappa shape index (κ1) is 15.2. The molecule has 0 radical (unpaired) electrons. The quantitative estimate of drug-likeness (QED) is 0.860. The van der Waals surface area contributed by atoms with E-state index in [0.29, 0.717) is 18.6 Å². The van der Waals surface area contributed by atoms with E-state index in [1.165, 1.54) is 31.2 Å². The van der Waals surface area contributed by atoms with Crippen molar-refractivity contribution in [2.45, 2.75) is 50.7 Å². The zero-order chi connectivity index (χ0) is 15.6. The summed E-state index contributed by atoms with van der Waals surface area (Å²) in [7, 11) is 0. The van der Waals surface area contributed by atoms with Crippen molar-refractivity contribution in [3.8, 4) is 0 Å². The lowest BCUT2D eigenvalue weighted by molar-refractivity contribution is -0.121. The van der Waals surface area contributed by atoms with Gasteiger partial charge in [0.2, 0.25) is 5.91 Å². The zero-order valence-electron chi connectivity index (χ0n) is 13.7. The Bertz CT molecular complexity index is 572. The van der Waals surface area contributed by atoms with Crippen molar-refractivity contribution < 1.29 is 9.53 Å². The Morgan fingerprint density at radius 2 is 2.04 bits per heavy atom. The number of amides is 1. The molecule has 1 saturated heterocycles. The third kappa shape index (κ3) is 3.02. The lowest BCUT2D eigenvalue weighted by Gasteiger charge is -2.43. The van der Waals surface area contributed by atoms with Crippen molar-refractivity contribution in [2.24, 2.45) is 0 Å². The fraction of sp³-hybridized carbons (Fsp3) is 0.632. The molecule has 0 bridgehead atoms. The van der Waals surface area contributed by atoms with E-state index in [1.54, 1.807) is 0 Å². The summed E-state index contributed by atoms with van der Waals surface area (Å²) in [5.74, 6) is 0.272. The molecule has 4 heteroatoms. The van der Waals surface area contributed by atoms with Crippen LogP contribution in [0.2, 0.25) is 0 Å².